The number of ether oxygens (including phenoxy) is 4. The van der Waals surface area contributed by atoms with Gasteiger partial charge in [0.25, 0.3) is 0 Å². The van der Waals surface area contributed by atoms with E-state index in [9.17, 15) is 0 Å². The highest BCUT2D eigenvalue weighted by atomic mass is 16.5. The molecule has 0 unspecified atom stereocenters. The molecule has 0 radical (unpaired) electrons. The van der Waals surface area contributed by atoms with Crippen LogP contribution in [0.2, 0.25) is 0 Å². The zero-order valence-electron chi connectivity index (χ0n) is 14.8. The van der Waals surface area contributed by atoms with Gasteiger partial charge in [0.15, 0.2) is 0 Å². The number of hydrogen-bond acceptors (Lipinski definition) is 5. The van der Waals surface area contributed by atoms with Crippen LogP contribution in [0.3, 0.4) is 0 Å². The second-order valence-corrected chi connectivity index (χ2v) is 6.67. The molecule has 0 amide bonds. The van der Waals surface area contributed by atoms with Gasteiger partial charge >= 0.3 is 0 Å². The quantitative estimate of drug-likeness (QED) is 0.686. The van der Waals surface area contributed by atoms with Crippen molar-refractivity contribution in [3.8, 4) is 0 Å². The summed E-state index contributed by atoms with van der Waals surface area (Å²) in [5.74, 6) is 0. The molecule has 1 rings (SSSR count). The number of hydrogen-bond donors (Lipinski definition) is 0. The Balaban J connectivity index is 2.30. The first kappa shape index (κ1) is 19.8. The van der Waals surface area contributed by atoms with E-state index in [4.69, 9.17) is 18.9 Å². The lowest BCUT2D eigenvalue weighted by molar-refractivity contribution is 0.00181. The second-order valence-electron chi connectivity index (χ2n) is 6.67. The van der Waals surface area contributed by atoms with Crippen LogP contribution in [0, 0.1) is 0 Å². The van der Waals surface area contributed by atoms with Gasteiger partial charge in [-0.15, -0.1) is 0 Å². The normalized spacial score (nSPS) is 23.6. The molecular formula is C17H35NO4. The number of rotatable bonds is 0. The zero-order chi connectivity index (χ0) is 16.1. The van der Waals surface area contributed by atoms with Crippen LogP contribution >= 0.6 is 0 Å². The molecule has 132 valence electrons. The maximum atomic E-state index is 5.68. The van der Waals surface area contributed by atoms with Gasteiger partial charge in [0, 0.05) is 31.8 Å². The Labute approximate surface area is 136 Å². The lowest BCUT2D eigenvalue weighted by Crippen LogP contribution is -2.45. The molecule has 0 aromatic rings. The summed E-state index contributed by atoms with van der Waals surface area (Å²) in [5, 5.41) is 0. The highest BCUT2D eigenvalue weighted by molar-refractivity contribution is 4.75. The Hall–Kier alpha value is -0.200. The molecule has 22 heavy (non-hydrogen) atoms. The van der Waals surface area contributed by atoms with Crippen LogP contribution in [-0.2, 0) is 18.9 Å². The summed E-state index contributed by atoms with van der Waals surface area (Å²) in [6.07, 6.45) is 3.34. The maximum Gasteiger partial charge on any atom is 0.0701 e. The highest BCUT2D eigenvalue weighted by Gasteiger charge is 2.20. The van der Waals surface area contributed by atoms with E-state index in [-0.39, 0.29) is 5.54 Å². The monoisotopic (exact) mass is 317 g/mol. The number of nitrogens with zero attached hydrogens (tertiary/aromatic N) is 1. The smallest absolute Gasteiger partial charge is 0.0701 e. The Kier molecular flexibility index (Phi) is 11.1. The molecule has 1 aliphatic heterocycles. The first-order valence-electron chi connectivity index (χ1n) is 8.67. The summed E-state index contributed by atoms with van der Waals surface area (Å²) in [5.41, 5.74) is 0.126. The van der Waals surface area contributed by atoms with Crippen LogP contribution in [0.5, 0.6) is 0 Å². The molecule has 1 fully saturated rings. The van der Waals surface area contributed by atoms with Crippen molar-refractivity contribution in [3.63, 3.8) is 0 Å². The summed E-state index contributed by atoms with van der Waals surface area (Å²) in [6.45, 7) is 14.4. The summed E-state index contributed by atoms with van der Waals surface area (Å²) in [7, 11) is 0. The van der Waals surface area contributed by atoms with Gasteiger partial charge in [-0.05, 0) is 40.0 Å². The Morgan fingerprint density at radius 2 is 0.955 bits per heavy atom. The molecule has 5 heteroatoms. The van der Waals surface area contributed by atoms with Crippen molar-refractivity contribution < 1.29 is 18.9 Å². The topological polar surface area (TPSA) is 40.2 Å². The lowest BCUT2D eigenvalue weighted by Gasteiger charge is -2.35. The molecule has 1 heterocycles. The van der Waals surface area contributed by atoms with Gasteiger partial charge in [0.2, 0.25) is 0 Å². The Morgan fingerprint density at radius 3 is 1.36 bits per heavy atom. The first-order valence-corrected chi connectivity index (χ1v) is 8.67. The molecule has 0 aliphatic carbocycles. The fourth-order valence-electron chi connectivity index (χ4n) is 2.36. The van der Waals surface area contributed by atoms with Gasteiger partial charge in [-0.2, -0.15) is 0 Å². The molecule has 0 bridgehead atoms. The van der Waals surface area contributed by atoms with E-state index in [2.05, 4.69) is 25.7 Å². The van der Waals surface area contributed by atoms with Gasteiger partial charge in [0.1, 0.15) is 0 Å². The van der Waals surface area contributed by atoms with Crippen molar-refractivity contribution in [1.29, 1.82) is 0 Å². The van der Waals surface area contributed by atoms with Gasteiger partial charge in [-0.3, -0.25) is 4.90 Å². The molecule has 0 atom stereocenters. The molecule has 0 saturated carbocycles. The van der Waals surface area contributed by atoms with E-state index in [1.807, 2.05) is 0 Å². The standard InChI is InChI=1S/C17H35NO4/c1-17(2,3)18-7-11-21-15-13-19-9-5-4-6-10-20-14-16-22-12-8-18/h4-16H2,1-3H3. The minimum absolute atomic E-state index is 0.126. The van der Waals surface area contributed by atoms with Crippen LogP contribution in [-0.4, -0.2) is 76.4 Å². The minimum atomic E-state index is 0.126. The SMILES string of the molecule is CC(C)(C)N1CCOCCOCCCCCOCCOCC1. The third kappa shape index (κ3) is 10.5. The molecule has 0 N–H and O–H groups in total. The largest absolute Gasteiger partial charge is 0.379 e. The van der Waals surface area contributed by atoms with Gasteiger partial charge < -0.3 is 18.9 Å². The van der Waals surface area contributed by atoms with E-state index in [1.54, 1.807) is 0 Å². The molecule has 0 aromatic heterocycles. The molecule has 0 spiro atoms. The maximum absolute atomic E-state index is 5.68. The molecule has 0 aromatic carbocycles. The van der Waals surface area contributed by atoms with E-state index in [1.165, 1.54) is 0 Å². The van der Waals surface area contributed by atoms with E-state index in [0.717, 1.165) is 58.8 Å². The van der Waals surface area contributed by atoms with Gasteiger partial charge in [-0.25, -0.2) is 0 Å². The van der Waals surface area contributed by atoms with Gasteiger partial charge in [0.05, 0.1) is 39.6 Å². The van der Waals surface area contributed by atoms with Crippen LogP contribution < -0.4 is 0 Å². The summed E-state index contributed by atoms with van der Waals surface area (Å²) >= 11 is 0. The Morgan fingerprint density at radius 1 is 0.545 bits per heavy atom. The average Bonchev–Trinajstić information content (AvgIpc) is 2.46. The van der Waals surface area contributed by atoms with Crippen molar-refractivity contribution in [3.05, 3.63) is 0 Å². The lowest BCUT2D eigenvalue weighted by atomic mass is 10.1. The van der Waals surface area contributed by atoms with Crippen LogP contribution in [0.1, 0.15) is 40.0 Å². The van der Waals surface area contributed by atoms with Crippen molar-refractivity contribution in [1.82, 2.24) is 4.90 Å². The van der Waals surface area contributed by atoms with Gasteiger partial charge in [-0.1, -0.05) is 0 Å². The summed E-state index contributed by atoms with van der Waals surface area (Å²) < 4.78 is 22.5. The predicted molar refractivity (Wildman–Crippen MR) is 88.5 cm³/mol. The molecular weight excluding hydrogens is 282 g/mol. The average molecular weight is 317 g/mol. The molecule has 5 nitrogen and oxygen atoms in total. The van der Waals surface area contributed by atoms with Crippen molar-refractivity contribution >= 4 is 0 Å². The molecule has 1 aliphatic rings. The van der Waals surface area contributed by atoms with Crippen LogP contribution in [0.25, 0.3) is 0 Å². The van der Waals surface area contributed by atoms with Crippen LogP contribution in [0.15, 0.2) is 0 Å². The van der Waals surface area contributed by atoms with E-state index >= 15 is 0 Å². The van der Waals surface area contributed by atoms with Crippen molar-refractivity contribution in [2.24, 2.45) is 0 Å². The summed E-state index contributed by atoms with van der Waals surface area (Å²) in [4.78, 5) is 2.40. The van der Waals surface area contributed by atoms with Crippen molar-refractivity contribution in [2.75, 3.05) is 65.9 Å². The summed E-state index contributed by atoms with van der Waals surface area (Å²) in [6, 6.07) is 0. The highest BCUT2D eigenvalue weighted by Crippen LogP contribution is 2.12. The fourth-order valence-corrected chi connectivity index (χ4v) is 2.36. The van der Waals surface area contributed by atoms with Crippen LogP contribution in [0.4, 0.5) is 0 Å². The predicted octanol–water partition coefficient (Wildman–Crippen LogP) is 2.34. The zero-order valence-corrected chi connectivity index (χ0v) is 14.8. The fraction of sp³-hybridized carbons (Fsp3) is 1.00. The van der Waals surface area contributed by atoms with E-state index in [0.29, 0.717) is 26.4 Å². The third-order valence-corrected chi connectivity index (χ3v) is 3.78. The Bertz CT molecular complexity index is 238. The van der Waals surface area contributed by atoms with E-state index < -0.39 is 0 Å². The molecule has 1 saturated heterocycles. The second kappa shape index (κ2) is 12.3. The third-order valence-electron chi connectivity index (χ3n) is 3.78. The minimum Gasteiger partial charge on any atom is -0.379 e. The first-order chi connectivity index (χ1) is 10.6. The van der Waals surface area contributed by atoms with Crippen molar-refractivity contribution in [2.45, 2.75) is 45.6 Å².